The van der Waals surface area contributed by atoms with E-state index in [2.05, 4.69) is 15.3 Å². The van der Waals surface area contributed by atoms with Crippen LogP contribution in [-0.4, -0.2) is 22.4 Å². The van der Waals surface area contributed by atoms with Gasteiger partial charge in [0, 0.05) is 30.2 Å². The van der Waals surface area contributed by atoms with Gasteiger partial charge in [-0.05, 0) is 29.8 Å². The zero-order chi connectivity index (χ0) is 20.6. The molecule has 0 saturated carbocycles. The van der Waals surface area contributed by atoms with E-state index in [4.69, 9.17) is 4.74 Å². The van der Waals surface area contributed by atoms with E-state index in [0.717, 1.165) is 27.6 Å². The van der Waals surface area contributed by atoms with Crippen LogP contribution in [0.4, 0.5) is 0 Å². The summed E-state index contributed by atoms with van der Waals surface area (Å²) < 4.78 is 6.02. The van der Waals surface area contributed by atoms with Gasteiger partial charge in [-0.3, -0.25) is 9.78 Å². The van der Waals surface area contributed by atoms with Crippen molar-refractivity contribution in [1.82, 2.24) is 15.3 Å². The Morgan fingerprint density at radius 2 is 1.77 bits per heavy atom. The van der Waals surface area contributed by atoms with E-state index in [1.54, 1.807) is 11.6 Å². The first-order valence-electron chi connectivity index (χ1n) is 9.69. The molecule has 2 heterocycles. The Morgan fingerprint density at radius 1 is 0.967 bits per heavy atom. The summed E-state index contributed by atoms with van der Waals surface area (Å²) in [5.74, 6) is 0.564. The van der Waals surface area contributed by atoms with Gasteiger partial charge in [-0.15, -0.1) is 11.3 Å². The highest BCUT2D eigenvalue weighted by Crippen LogP contribution is 2.32. The summed E-state index contributed by atoms with van der Waals surface area (Å²) in [6.45, 7) is 0.990. The molecule has 30 heavy (non-hydrogen) atoms. The van der Waals surface area contributed by atoms with Crippen LogP contribution in [0, 0.1) is 0 Å². The maximum Gasteiger partial charge on any atom is 0.270 e. The van der Waals surface area contributed by atoms with Crippen LogP contribution in [0.3, 0.4) is 0 Å². The molecule has 0 spiro atoms. The van der Waals surface area contributed by atoms with Crippen molar-refractivity contribution in [3.8, 4) is 16.3 Å². The Balaban J connectivity index is 1.40. The molecule has 0 bridgehead atoms. The number of hydrogen-bond acceptors (Lipinski definition) is 5. The summed E-state index contributed by atoms with van der Waals surface area (Å²) >= 11 is 1.43. The number of rotatable bonds is 8. The van der Waals surface area contributed by atoms with Crippen LogP contribution in [-0.2, 0) is 13.0 Å². The molecule has 0 aliphatic rings. The van der Waals surface area contributed by atoms with E-state index in [1.807, 2.05) is 72.8 Å². The Morgan fingerprint density at radius 3 is 2.60 bits per heavy atom. The summed E-state index contributed by atoms with van der Waals surface area (Å²) in [7, 11) is 0. The third-order valence-electron chi connectivity index (χ3n) is 4.48. The van der Waals surface area contributed by atoms with Crippen LogP contribution in [0.5, 0.6) is 5.75 Å². The number of nitrogens with zero attached hydrogens (tertiary/aromatic N) is 2. The van der Waals surface area contributed by atoms with Gasteiger partial charge in [0.15, 0.2) is 0 Å². The maximum absolute atomic E-state index is 12.5. The average molecular weight is 416 g/mol. The fourth-order valence-electron chi connectivity index (χ4n) is 2.95. The molecule has 0 radical (unpaired) electrons. The number of amides is 1. The predicted molar refractivity (Wildman–Crippen MR) is 119 cm³/mol. The number of nitrogens with one attached hydrogen (secondary N) is 1. The molecule has 4 aromatic rings. The number of pyridine rings is 1. The van der Waals surface area contributed by atoms with E-state index < -0.39 is 0 Å². The Hall–Kier alpha value is -3.51. The summed E-state index contributed by atoms with van der Waals surface area (Å²) in [6, 6.07) is 23.5. The second-order valence-corrected chi connectivity index (χ2v) is 7.49. The largest absolute Gasteiger partial charge is 0.488 e. The molecule has 1 N–H and O–H groups in total. The molecule has 2 aromatic heterocycles. The number of ether oxygens (including phenoxy) is 1. The third-order valence-corrected chi connectivity index (χ3v) is 5.36. The van der Waals surface area contributed by atoms with Crippen molar-refractivity contribution in [3.05, 3.63) is 101 Å². The van der Waals surface area contributed by atoms with Crippen molar-refractivity contribution in [1.29, 1.82) is 0 Å². The van der Waals surface area contributed by atoms with Crippen LogP contribution >= 0.6 is 11.3 Å². The minimum atomic E-state index is -0.184. The van der Waals surface area contributed by atoms with Gasteiger partial charge in [-0.2, -0.15) is 0 Å². The molecule has 5 nitrogen and oxygen atoms in total. The smallest absolute Gasteiger partial charge is 0.270 e. The fraction of sp³-hybridized carbons (Fsp3) is 0.125. The fourth-order valence-corrected chi connectivity index (χ4v) is 3.78. The van der Waals surface area contributed by atoms with Gasteiger partial charge < -0.3 is 10.1 Å². The number of benzene rings is 2. The third kappa shape index (κ3) is 5.10. The van der Waals surface area contributed by atoms with Crippen molar-refractivity contribution in [2.75, 3.05) is 6.54 Å². The topological polar surface area (TPSA) is 64.1 Å². The van der Waals surface area contributed by atoms with E-state index >= 15 is 0 Å². The first-order valence-corrected chi connectivity index (χ1v) is 10.6. The van der Waals surface area contributed by atoms with Gasteiger partial charge in [-0.25, -0.2) is 4.98 Å². The first kappa shape index (κ1) is 19.8. The number of para-hydroxylation sites is 1. The lowest BCUT2D eigenvalue weighted by molar-refractivity contribution is 0.0950. The van der Waals surface area contributed by atoms with Crippen molar-refractivity contribution in [3.63, 3.8) is 0 Å². The molecule has 150 valence electrons. The monoisotopic (exact) mass is 415 g/mol. The second-order valence-electron chi connectivity index (χ2n) is 6.64. The average Bonchev–Trinajstić information content (AvgIpc) is 3.30. The highest BCUT2D eigenvalue weighted by Gasteiger charge is 2.14. The minimum Gasteiger partial charge on any atom is -0.488 e. The molecule has 2 aromatic carbocycles. The van der Waals surface area contributed by atoms with Crippen LogP contribution in [0.1, 0.15) is 21.7 Å². The molecule has 0 fully saturated rings. The lowest BCUT2D eigenvalue weighted by Gasteiger charge is -2.10. The number of carbonyl (C=O) groups excluding carboxylic acids is 1. The van der Waals surface area contributed by atoms with Crippen LogP contribution in [0.15, 0.2) is 84.4 Å². The van der Waals surface area contributed by atoms with E-state index in [9.17, 15) is 4.79 Å². The van der Waals surface area contributed by atoms with Gasteiger partial charge in [0.2, 0.25) is 0 Å². The summed E-state index contributed by atoms with van der Waals surface area (Å²) in [5.41, 5.74) is 3.33. The molecule has 0 aliphatic heterocycles. The molecular formula is C24H21N3O2S. The summed E-state index contributed by atoms with van der Waals surface area (Å²) in [6.07, 6.45) is 2.43. The number of thiazole rings is 1. The minimum absolute atomic E-state index is 0.184. The van der Waals surface area contributed by atoms with Gasteiger partial charge >= 0.3 is 0 Å². The SMILES string of the molecule is O=C(NCCc1ccccn1)c1csc(-c2ccccc2OCc2ccccc2)n1. The standard InChI is InChI=1S/C24H21N3O2S/c28-23(26-15-13-19-10-6-7-14-25-19)21-17-30-24(27-21)20-11-4-5-12-22(20)29-16-18-8-2-1-3-9-18/h1-12,14,17H,13,15-16H2,(H,26,28). The maximum atomic E-state index is 12.5. The van der Waals surface area contributed by atoms with Gasteiger partial charge in [0.05, 0.1) is 5.56 Å². The van der Waals surface area contributed by atoms with Crippen LogP contribution in [0.25, 0.3) is 10.6 Å². The zero-order valence-electron chi connectivity index (χ0n) is 16.3. The molecule has 0 aliphatic carbocycles. The van der Waals surface area contributed by atoms with Crippen LogP contribution in [0.2, 0.25) is 0 Å². The number of hydrogen-bond donors (Lipinski definition) is 1. The van der Waals surface area contributed by atoms with Gasteiger partial charge in [0.1, 0.15) is 23.1 Å². The number of carbonyl (C=O) groups is 1. The van der Waals surface area contributed by atoms with E-state index in [-0.39, 0.29) is 5.91 Å². The lowest BCUT2D eigenvalue weighted by atomic mass is 10.2. The first-order chi connectivity index (χ1) is 14.8. The summed E-state index contributed by atoms with van der Waals surface area (Å²) in [5, 5.41) is 5.44. The van der Waals surface area contributed by atoms with Gasteiger partial charge in [-0.1, -0.05) is 48.5 Å². The molecular weight excluding hydrogens is 394 g/mol. The van der Waals surface area contributed by atoms with Gasteiger partial charge in [0.25, 0.3) is 5.91 Å². The van der Waals surface area contributed by atoms with Crippen molar-refractivity contribution in [2.24, 2.45) is 0 Å². The molecule has 4 rings (SSSR count). The highest BCUT2D eigenvalue weighted by atomic mass is 32.1. The molecule has 0 atom stereocenters. The Bertz CT molecular complexity index is 1100. The van der Waals surface area contributed by atoms with Crippen LogP contribution < -0.4 is 10.1 Å². The lowest BCUT2D eigenvalue weighted by Crippen LogP contribution is -2.26. The normalized spacial score (nSPS) is 10.5. The zero-order valence-corrected chi connectivity index (χ0v) is 17.1. The predicted octanol–water partition coefficient (Wildman–Crippen LogP) is 4.76. The van der Waals surface area contributed by atoms with E-state index in [1.165, 1.54) is 11.3 Å². The van der Waals surface area contributed by atoms with Crippen molar-refractivity contribution < 1.29 is 9.53 Å². The molecule has 0 unspecified atom stereocenters. The molecule has 6 heteroatoms. The summed E-state index contributed by atoms with van der Waals surface area (Å²) in [4.78, 5) is 21.3. The Labute approximate surface area is 179 Å². The molecule has 0 saturated heterocycles. The quantitative estimate of drug-likeness (QED) is 0.451. The number of aromatic nitrogens is 2. The highest BCUT2D eigenvalue weighted by molar-refractivity contribution is 7.13. The Kier molecular flexibility index (Phi) is 6.47. The van der Waals surface area contributed by atoms with E-state index in [0.29, 0.717) is 25.3 Å². The van der Waals surface area contributed by atoms with Crippen molar-refractivity contribution >= 4 is 17.2 Å². The van der Waals surface area contributed by atoms with Crippen molar-refractivity contribution in [2.45, 2.75) is 13.0 Å². The molecule has 1 amide bonds. The second kappa shape index (κ2) is 9.80.